The Hall–Kier alpha value is -1.68. The molecule has 2 unspecified atom stereocenters. The Bertz CT molecular complexity index is 709. The van der Waals surface area contributed by atoms with Gasteiger partial charge in [-0.25, -0.2) is 14.7 Å². The molecule has 2 aliphatic heterocycles. The molecule has 23 heavy (non-hydrogen) atoms. The minimum Gasteiger partial charge on any atom is -0.238 e. The maximum Gasteiger partial charge on any atom is 0.174 e. The Kier molecular flexibility index (Phi) is 3.08. The van der Waals surface area contributed by atoms with E-state index >= 15 is 0 Å². The molecule has 118 valence electrons. The number of nitrogens with zero attached hydrogens (tertiary/aromatic N) is 1. The normalized spacial score (nSPS) is 28.2. The molecule has 1 spiro atoms. The molecule has 0 amide bonds. The Morgan fingerprint density at radius 2 is 1.65 bits per heavy atom. The number of benzene rings is 2. The van der Waals surface area contributed by atoms with Gasteiger partial charge in [0.1, 0.15) is 0 Å². The van der Waals surface area contributed by atoms with Crippen LogP contribution in [0.15, 0.2) is 54.6 Å². The maximum atomic E-state index is 5.91. The van der Waals surface area contributed by atoms with E-state index in [0.29, 0.717) is 0 Å². The summed E-state index contributed by atoms with van der Waals surface area (Å²) < 4.78 is 0. The Morgan fingerprint density at radius 1 is 0.913 bits per heavy atom. The number of rotatable bonds is 2. The highest BCUT2D eigenvalue weighted by Gasteiger charge is 2.57. The van der Waals surface area contributed by atoms with Gasteiger partial charge >= 0.3 is 0 Å². The van der Waals surface area contributed by atoms with Crippen LogP contribution in [-0.2, 0) is 21.7 Å². The number of hydrogen-bond acceptors (Lipinski definition) is 3. The van der Waals surface area contributed by atoms with Gasteiger partial charge in [-0.2, -0.15) is 0 Å². The fourth-order valence-electron chi connectivity index (χ4n) is 4.76. The quantitative estimate of drug-likeness (QED) is 0.772. The van der Waals surface area contributed by atoms with Crippen molar-refractivity contribution in [2.24, 2.45) is 0 Å². The fourth-order valence-corrected chi connectivity index (χ4v) is 4.76. The van der Waals surface area contributed by atoms with E-state index in [4.69, 9.17) is 9.78 Å². The van der Waals surface area contributed by atoms with Crippen molar-refractivity contribution >= 4 is 0 Å². The lowest BCUT2D eigenvalue weighted by molar-refractivity contribution is -0.304. The van der Waals surface area contributed by atoms with Gasteiger partial charge in [-0.3, -0.25) is 0 Å². The topological polar surface area (TPSA) is 21.7 Å². The number of fused-ring (bicyclic) bond motifs is 6. The monoisotopic (exact) mass is 307 g/mol. The molecule has 5 rings (SSSR count). The molecule has 3 aliphatic rings. The fraction of sp³-hybridized carbons (Fsp3) is 0.400. The Balaban J connectivity index is 1.60. The van der Waals surface area contributed by atoms with Crippen LogP contribution >= 0.6 is 0 Å². The van der Waals surface area contributed by atoms with Crippen LogP contribution in [0.25, 0.3) is 0 Å². The van der Waals surface area contributed by atoms with Crippen LogP contribution in [0.3, 0.4) is 0 Å². The van der Waals surface area contributed by atoms with Crippen molar-refractivity contribution in [3.8, 4) is 0 Å². The van der Waals surface area contributed by atoms with E-state index in [1.54, 1.807) is 0 Å². The third-order valence-electron chi connectivity index (χ3n) is 5.78. The van der Waals surface area contributed by atoms with Crippen molar-refractivity contribution < 1.29 is 9.78 Å². The predicted molar refractivity (Wildman–Crippen MR) is 87.3 cm³/mol. The van der Waals surface area contributed by atoms with Gasteiger partial charge in [-0.05, 0) is 24.0 Å². The molecule has 1 saturated heterocycles. The van der Waals surface area contributed by atoms with E-state index in [9.17, 15) is 0 Å². The molecule has 2 bridgehead atoms. The van der Waals surface area contributed by atoms with E-state index in [-0.39, 0.29) is 17.9 Å². The second kappa shape index (κ2) is 5.17. The largest absolute Gasteiger partial charge is 0.238 e. The zero-order valence-corrected chi connectivity index (χ0v) is 13.2. The van der Waals surface area contributed by atoms with Crippen molar-refractivity contribution in [1.29, 1.82) is 0 Å². The van der Waals surface area contributed by atoms with Crippen LogP contribution in [0, 0.1) is 0 Å². The van der Waals surface area contributed by atoms with Crippen LogP contribution in [0.4, 0.5) is 0 Å². The van der Waals surface area contributed by atoms with Gasteiger partial charge in [0.05, 0.1) is 0 Å². The molecule has 2 atom stereocenters. The summed E-state index contributed by atoms with van der Waals surface area (Å²) in [6.07, 6.45) is 4.88. The molecule has 0 radical (unpaired) electrons. The SMILES string of the molecule is c1ccc(CN2C3OOC2C2(CCCC2)c2ccccc23)cc1. The first-order chi connectivity index (χ1) is 11.4. The second-order valence-electron chi connectivity index (χ2n) is 7.01. The van der Waals surface area contributed by atoms with Crippen molar-refractivity contribution in [2.75, 3.05) is 0 Å². The molecule has 0 aromatic heterocycles. The van der Waals surface area contributed by atoms with Crippen molar-refractivity contribution in [1.82, 2.24) is 4.90 Å². The van der Waals surface area contributed by atoms with Gasteiger partial charge in [0.25, 0.3) is 0 Å². The highest BCUT2D eigenvalue weighted by atomic mass is 17.2. The molecule has 1 saturated carbocycles. The molecule has 3 nitrogen and oxygen atoms in total. The summed E-state index contributed by atoms with van der Waals surface area (Å²) in [5, 5.41) is 0. The van der Waals surface area contributed by atoms with Gasteiger partial charge in [-0.1, -0.05) is 67.4 Å². The third-order valence-corrected chi connectivity index (χ3v) is 5.78. The van der Waals surface area contributed by atoms with E-state index < -0.39 is 0 Å². The van der Waals surface area contributed by atoms with Crippen LogP contribution < -0.4 is 0 Å². The minimum absolute atomic E-state index is 0.0325. The minimum atomic E-state index is -0.0809. The van der Waals surface area contributed by atoms with Gasteiger partial charge in [0, 0.05) is 17.5 Å². The second-order valence-corrected chi connectivity index (χ2v) is 7.01. The highest BCUT2D eigenvalue weighted by Crippen LogP contribution is 2.56. The first-order valence-corrected chi connectivity index (χ1v) is 8.60. The van der Waals surface area contributed by atoms with E-state index in [1.165, 1.54) is 42.4 Å². The summed E-state index contributed by atoms with van der Waals surface area (Å²) in [7, 11) is 0. The summed E-state index contributed by atoms with van der Waals surface area (Å²) in [5.74, 6) is 0. The first kappa shape index (κ1) is 13.7. The van der Waals surface area contributed by atoms with Gasteiger partial charge in [-0.15, -0.1) is 0 Å². The summed E-state index contributed by atoms with van der Waals surface area (Å²) in [6.45, 7) is 0.867. The standard InChI is InChI=1S/C20H21NO2/c1-2-8-15(9-3-1)14-21-18-16-10-4-5-11-17(16)20(12-6-7-13-20)19(21)23-22-18/h1-5,8-11,18-19H,6-7,12-14H2. The molecular formula is C20H21NO2. The maximum absolute atomic E-state index is 5.91. The lowest BCUT2D eigenvalue weighted by Crippen LogP contribution is -2.50. The van der Waals surface area contributed by atoms with E-state index in [1.807, 2.05) is 0 Å². The van der Waals surface area contributed by atoms with Crippen molar-refractivity contribution in [2.45, 2.75) is 50.1 Å². The summed E-state index contributed by atoms with van der Waals surface area (Å²) >= 11 is 0. The molecule has 0 N–H and O–H groups in total. The van der Waals surface area contributed by atoms with E-state index in [0.717, 1.165) is 6.54 Å². The number of hydrogen-bond donors (Lipinski definition) is 0. The Labute approximate surface area is 136 Å². The average molecular weight is 307 g/mol. The molecule has 2 aromatic rings. The third kappa shape index (κ3) is 1.94. The van der Waals surface area contributed by atoms with Crippen LogP contribution in [0.2, 0.25) is 0 Å². The molecular weight excluding hydrogens is 286 g/mol. The predicted octanol–water partition coefficient (Wildman–Crippen LogP) is 4.30. The molecule has 2 fully saturated rings. The molecule has 2 aromatic carbocycles. The smallest absolute Gasteiger partial charge is 0.174 e. The lowest BCUT2D eigenvalue weighted by Gasteiger charge is -2.44. The summed E-state index contributed by atoms with van der Waals surface area (Å²) in [6, 6.07) is 19.4. The van der Waals surface area contributed by atoms with Crippen molar-refractivity contribution in [3.63, 3.8) is 0 Å². The Morgan fingerprint density at radius 3 is 2.48 bits per heavy atom. The molecule has 1 aliphatic carbocycles. The average Bonchev–Trinajstić information content (AvgIpc) is 3.20. The molecule has 3 heteroatoms. The van der Waals surface area contributed by atoms with Crippen LogP contribution in [0.1, 0.15) is 48.6 Å². The molecule has 2 heterocycles. The highest BCUT2D eigenvalue weighted by molar-refractivity contribution is 5.41. The van der Waals surface area contributed by atoms with Gasteiger partial charge in [0.2, 0.25) is 0 Å². The lowest BCUT2D eigenvalue weighted by atomic mass is 9.72. The summed E-state index contributed by atoms with van der Waals surface area (Å²) in [4.78, 5) is 14.1. The van der Waals surface area contributed by atoms with Crippen molar-refractivity contribution in [3.05, 3.63) is 71.3 Å². The van der Waals surface area contributed by atoms with E-state index in [2.05, 4.69) is 59.5 Å². The van der Waals surface area contributed by atoms with Gasteiger partial charge in [0.15, 0.2) is 12.5 Å². The zero-order chi connectivity index (χ0) is 15.3. The summed E-state index contributed by atoms with van der Waals surface area (Å²) in [5.41, 5.74) is 4.15. The first-order valence-electron chi connectivity index (χ1n) is 8.60. The van der Waals surface area contributed by atoms with Crippen LogP contribution in [0.5, 0.6) is 0 Å². The van der Waals surface area contributed by atoms with Gasteiger partial charge < -0.3 is 0 Å². The van der Waals surface area contributed by atoms with Crippen LogP contribution in [-0.4, -0.2) is 11.1 Å². The zero-order valence-electron chi connectivity index (χ0n) is 13.2.